The van der Waals surface area contributed by atoms with Gasteiger partial charge in [0.2, 0.25) is 0 Å². The summed E-state index contributed by atoms with van der Waals surface area (Å²) in [5.74, 6) is 0.120. The summed E-state index contributed by atoms with van der Waals surface area (Å²) in [4.78, 5) is 31.2. The van der Waals surface area contributed by atoms with Crippen LogP contribution in [-0.4, -0.2) is 46.8 Å². The minimum atomic E-state index is -0.0512. The standard InChI is InChI=1S/C38H62N4O2/c1-5-7-9-11-13-15-17-19-25-39-27-21-23-35(31-39)37(43)41-29-33(3)42(34(4)30-41)38(44)36-24-22-28-40(32-36)26-20-18-16-14-12-10-8-6-2/h21-24,27-28,31-34H,5-20,25-26,29-30H2,1-4H3/q+2. The van der Waals surface area contributed by atoms with E-state index in [2.05, 4.69) is 49.2 Å². The molecular formula is C38H62N4O2+2. The number of aromatic nitrogens is 2. The molecule has 0 spiro atoms. The first-order chi connectivity index (χ1) is 21.4. The summed E-state index contributed by atoms with van der Waals surface area (Å²) >= 11 is 0. The normalized spacial score (nSPS) is 16.8. The molecule has 44 heavy (non-hydrogen) atoms. The third kappa shape index (κ3) is 12.0. The number of hydrogen-bond acceptors (Lipinski definition) is 2. The third-order valence-electron chi connectivity index (χ3n) is 9.19. The van der Waals surface area contributed by atoms with Crippen LogP contribution < -0.4 is 9.13 Å². The average Bonchev–Trinajstić information content (AvgIpc) is 3.03. The lowest BCUT2D eigenvalue weighted by molar-refractivity contribution is -0.697. The molecule has 0 radical (unpaired) electrons. The van der Waals surface area contributed by atoms with Gasteiger partial charge in [-0.2, -0.15) is 0 Å². The van der Waals surface area contributed by atoms with E-state index in [0.717, 1.165) is 37.1 Å². The average molecular weight is 607 g/mol. The second-order valence-corrected chi connectivity index (χ2v) is 13.2. The number of carbonyl (C=O) groups is 2. The second-order valence-electron chi connectivity index (χ2n) is 13.2. The second kappa shape index (κ2) is 20.3. The van der Waals surface area contributed by atoms with Gasteiger partial charge >= 0.3 is 0 Å². The zero-order valence-electron chi connectivity index (χ0n) is 28.5. The summed E-state index contributed by atoms with van der Waals surface area (Å²) in [5.41, 5.74) is 1.46. The number of amides is 2. The molecule has 1 fully saturated rings. The maximum atomic E-state index is 13.7. The van der Waals surface area contributed by atoms with Crippen molar-refractivity contribution in [2.75, 3.05) is 13.1 Å². The van der Waals surface area contributed by atoms with Crippen LogP contribution in [-0.2, 0) is 13.1 Å². The summed E-state index contributed by atoms with van der Waals surface area (Å²) in [5, 5.41) is 0. The Morgan fingerprint density at radius 1 is 0.614 bits per heavy atom. The fourth-order valence-electron chi connectivity index (χ4n) is 6.65. The Hall–Kier alpha value is -2.76. The van der Waals surface area contributed by atoms with Gasteiger partial charge in [-0.15, -0.1) is 0 Å². The molecule has 0 aromatic carbocycles. The van der Waals surface area contributed by atoms with Gasteiger partial charge in [-0.05, 0) is 38.8 Å². The van der Waals surface area contributed by atoms with E-state index >= 15 is 0 Å². The predicted molar refractivity (Wildman–Crippen MR) is 179 cm³/mol. The molecular weight excluding hydrogens is 544 g/mol. The molecule has 1 saturated heterocycles. The number of hydrogen-bond donors (Lipinski definition) is 0. The van der Waals surface area contributed by atoms with E-state index in [1.165, 1.54) is 89.9 Å². The molecule has 0 aliphatic carbocycles. The molecule has 3 heterocycles. The molecule has 0 N–H and O–H groups in total. The highest BCUT2D eigenvalue weighted by Crippen LogP contribution is 2.20. The number of piperazine rings is 1. The predicted octanol–water partition coefficient (Wildman–Crippen LogP) is 7.92. The summed E-state index contributed by atoms with van der Waals surface area (Å²) in [7, 11) is 0. The minimum Gasteiger partial charge on any atom is -0.334 e. The molecule has 6 nitrogen and oxygen atoms in total. The quantitative estimate of drug-likeness (QED) is 0.114. The van der Waals surface area contributed by atoms with Gasteiger partial charge in [0, 0.05) is 50.1 Å². The van der Waals surface area contributed by atoms with E-state index in [1.54, 1.807) is 0 Å². The fraction of sp³-hybridized carbons (Fsp3) is 0.684. The van der Waals surface area contributed by atoms with Crippen molar-refractivity contribution in [3.63, 3.8) is 0 Å². The summed E-state index contributed by atoms with van der Waals surface area (Å²) < 4.78 is 4.33. The van der Waals surface area contributed by atoms with Gasteiger partial charge in [0.1, 0.15) is 24.2 Å². The molecule has 2 aromatic rings. The number of pyridine rings is 2. The molecule has 3 rings (SSSR count). The van der Waals surface area contributed by atoms with Crippen molar-refractivity contribution in [3.8, 4) is 0 Å². The number of unbranched alkanes of at least 4 members (excludes halogenated alkanes) is 14. The van der Waals surface area contributed by atoms with Crippen molar-refractivity contribution in [1.29, 1.82) is 0 Å². The van der Waals surface area contributed by atoms with E-state index in [-0.39, 0.29) is 23.9 Å². The third-order valence-corrected chi connectivity index (χ3v) is 9.19. The number of aryl methyl sites for hydroxylation is 2. The number of nitrogens with zero attached hydrogens (tertiary/aromatic N) is 4. The molecule has 1 aliphatic rings. The van der Waals surface area contributed by atoms with Crippen molar-refractivity contribution in [3.05, 3.63) is 60.2 Å². The summed E-state index contributed by atoms with van der Waals surface area (Å²) in [6.07, 6.45) is 28.9. The summed E-state index contributed by atoms with van der Waals surface area (Å²) in [6.45, 7) is 11.6. The zero-order valence-corrected chi connectivity index (χ0v) is 28.5. The Labute approximate surface area is 268 Å². The molecule has 2 atom stereocenters. The highest BCUT2D eigenvalue weighted by Gasteiger charge is 2.36. The first-order valence-corrected chi connectivity index (χ1v) is 18.0. The van der Waals surface area contributed by atoms with Crippen LogP contribution in [0.15, 0.2) is 49.1 Å². The molecule has 0 saturated carbocycles. The first kappa shape index (κ1) is 35.7. The minimum absolute atomic E-state index is 0.0512. The van der Waals surface area contributed by atoms with Gasteiger partial charge < -0.3 is 9.80 Å². The van der Waals surface area contributed by atoms with E-state index in [1.807, 2.05) is 46.5 Å². The van der Waals surface area contributed by atoms with Crippen molar-refractivity contribution >= 4 is 11.8 Å². The van der Waals surface area contributed by atoms with Crippen LogP contribution in [0.25, 0.3) is 0 Å². The summed E-state index contributed by atoms with van der Waals surface area (Å²) in [6, 6.07) is 7.73. The van der Waals surface area contributed by atoms with Crippen molar-refractivity contribution < 1.29 is 18.7 Å². The Bertz CT molecular complexity index is 1110. The zero-order chi connectivity index (χ0) is 31.6. The SMILES string of the molecule is CCCCCCCCCC[n+]1cccc(C(=O)N2CC(C)N(C(=O)c3ccc[n+](CCCCCCCCCC)c3)C(C)C2)c1. The van der Waals surface area contributed by atoms with Crippen LogP contribution in [0.1, 0.15) is 151 Å². The Morgan fingerprint density at radius 2 is 1.00 bits per heavy atom. The molecule has 2 amide bonds. The number of carbonyl (C=O) groups excluding carboxylic acids is 2. The van der Waals surface area contributed by atoms with Gasteiger partial charge in [-0.1, -0.05) is 90.9 Å². The topological polar surface area (TPSA) is 48.4 Å². The molecule has 2 unspecified atom stereocenters. The van der Waals surface area contributed by atoms with E-state index < -0.39 is 0 Å². The molecule has 2 aromatic heterocycles. The van der Waals surface area contributed by atoms with Crippen LogP contribution in [0, 0.1) is 0 Å². The van der Waals surface area contributed by atoms with E-state index in [4.69, 9.17) is 0 Å². The van der Waals surface area contributed by atoms with Crippen molar-refractivity contribution in [2.45, 2.75) is 156 Å². The maximum absolute atomic E-state index is 13.7. The highest BCUT2D eigenvalue weighted by atomic mass is 16.2. The van der Waals surface area contributed by atoms with Crippen LogP contribution in [0.4, 0.5) is 0 Å². The van der Waals surface area contributed by atoms with E-state index in [0.29, 0.717) is 13.1 Å². The Kier molecular flexibility index (Phi) is 16.5. The van der Waals surface area contributed by atoms with Crippen LogP contribution in [0.5, 0.6) is 0 Å². The highest BCUT2D eigenvalue weighted by molar-refractivity contribution is 5.95. The van der Waals surface area contributed by atoms with Crippen LogP contribution in [0.2, 0.25) is 0 Å². The van der Waals surface area contributed by atoms with Crippen LogP contribution in [0.3, 0.4) is 0 Å². The largest absolute Gasteiger partial charge is 0.334 e. The lowest BCUT2D eigenvalue weighted by Crippen LogP contribution is -2.60. The molecule has 0 bridgehead atoms. The van der Waals surface area contributed by atoms with Gasteiger partial charge in [0.25, 0.3) is 11.8 Å². The number of rotatable bonds is 20. The first-order valence-electron chi connectivity index (χ1n) is 18.0. The van der Waals surface area contributed by atoms with Gasteiger partial charge in [0.05, 0.1) is 0 Å². The fourth-order valence-corrected chi connectivity index (χ4v) is 6.65. The van der Waals surface area contributed by atoms with Crippen molar-refractivity contribution in [1.82, 2.24) is 9.80 Å². The Morgan fingerprint density at radius 3 is 1.43 bits per heavy atom. The lowest BCUT2D eigenvalue weighted by atomic mass is 10.0. The monoisotopic (exact) mass is 606 g/mol. The van der Waals surface area contributed by atoms with Gasteiger partial charge in [-0.3, -0.25) is 9.59 Å². The maximum Gasteiger partial charge on any atom is 0.260 e. The van der Waals surface area contributed by atoms with Crippen LogP contribution >= 0.6 is 0 Å². The Balaban J connectivity index is 1.47. The molecule has 6 heteroatoms. The lowest BCUT2D eigenvalue weighted by Gasteiger charge is -2.44. The molecule has 1 aliphatic heterocycles. The van der Waals surface area contributed by atoms with Gasteiger partial charge in [0.15, 0.2) is 24.8 Å². The van der Waals surface area contributed by atoms with E-state index in [9.17, 15) is 9.59 Å². The molecule has 244 valence electrons. The van der Waals surface area contributed by atoms with Gasteiger partial charge in [-0.25, -0.2) is 9.13 Å². The van der Waals surface area contributed by atoms with Crippen molar-refractivity contribution in [2.24, 2.45) is 0 Å². The smallest absolute Gasteiger partial charge is 0.260 e.